The Kier molecular flexibility index (Phi) is 4.31. The maximum absolute atomic E-state index is 11.4. The highest BCUT2D eigenvalue weighted by Crippen LogP contribution is 2.31. The number of alkyl halides is 1. The number of hydrogen-bond donors (Lipinski definition) is 2. The van der Waals surface area contributed by atoms with Crippen LogP contribution in [0.5, 0.6) is 0 Å². The van der Waals surface area contributed by atoms with Crippen LogP contribution in [-0.2, 0) is 10.0 Å². The molecule has 0 saturated carbocycles. The molecule has 1 heterocycles. The van der Waals surface area contributed by atoms with Crippen molar-refractivity contribution in [3.63, 3.8) is 0 Å². The SMILES string of the molecule is NS(=O)(=O)c1ccc(N2CC(O)(Cl)N=C2c2ccc(Cl)cc2)cc1. The number of nitrogens with two attached hydrogens (primary N) is 1. The number of primary sulfonamides is 1. The number of sulfonamides is 1. The molecule has 0 saturated heterocycles. The second kappa shape index (κ2) is 6.02. The monoisotopic (exact) mass is 385 g/mol. The summed E-state index contributed by atoms with van der Waals surface area (Å²) in [7, 11) is -3.78. The van der Waals surface area contributed by atoms with Gasteiger partial charge in [-0.2, -0.15) is 0 Å². The smallest absolute Gasteiger partial charge is 0.254 e. The Morgan fingerprint density at radius 2 is 1.71 bits per heavy atom. The number of rotatable bonds is 3. The first kappa shape index (κ1) is 17.2. The standard InChI is InChI=1S/C15H13Cl2N3O3S/c16-11-3-1-10(2-4-11)14-19-15(17,21)9-20(14)12-5-7-13(8-6-12)24(18,22)23/h1-8,21H,9H2,(H2,18,22,23). The van der Waals surface area contributed by atoms with E-state index in [1.54, 1.807) is 41.3 Å². The van der Waals surface area contributed by atoms with Gasteiger partial charge in [-0.15, -0.1) is 0 Å². The summed E-state index contributed by atoms with van der Waals surface area (Å²) in [4.78, 5) is 5.81. The van der Waals surface area contributed by atoms with Crippen LogP contribution in [0.1, 0.15) is 5.56 Å². The fraction of sp³-hybridized carbons (Fsp3) is 0.133. The summed E-state index contributed by atoms with van der Waals surface area (Å²) in [6.07, 6.45) is 0. The van der Waals surface area contributed by atoms with Crippen molar-refractivity contribution in [1.29, 1.82) is 0 Å². The molecule has 0 aliphatic carbocycles. The van der Waals surface area contributed by atoms with E-state index in [0.29, 0.717) is 22.1 Å². The Labute approximate surface area is 149 Å². The molecule has 126 valence electrons. The lowest BCUT2D eigenvalue weighted by Crippen LogP contribution is -2.33. The molecule has 0 radical (unpaired) electrons. The lowest BCUT2D eigenvalue weighted by molar-refractivity contribution is 0.157. The minimum absolute atomic E-state index is 0.00318. The molecule has 0 fully saturated rings. The molecule has 2 aromatic rings. The zero-order valence-electron chi connectivity index (χ0n) is 12.2. The number of β-amino-alcohol motifs (C(OH)–C–C–N with tert-alkyl or cyclic N) is 1. The molecule has 3 N–H and O–H groups in total. The first-order chi connectivity index (χ1) is 11.2. The molecule has 6 nitrogen and oxygen atoms in total. The van der Waals surface area contributed by atoms with Gasteiger partial charge in [-0.3, -0.25) is 0 Å². The Morgan fingerprint density at radius 1 is 1.12 bits per heavy atom. The predicted octanol–water partition coefficient (Wildman–Crippen LogP) is 2.14. The van der Waals surface area contributed by atoms with Crippen LogP contribution in [-0.4, -0.2) is 31.1 Å². The molecule has 0 amide bonds. The Hall–Kier alpha value is -1.64. The lowest BCUT2D eigenvalue weighted by atomic mass is 10.2. The molecular formula is C15H13Cl2N3O3S. The van der Waals surface area contributed by atoms with Gasteiger partial charge in [-0.05, 0) is 48.5 Å². The average molecular weight is 386 g/mol. The summed E-state index contributed by atoms with van der Waals surface area (Å²) >= 11 is 11.9. The number of aliphatic hydroxyl groups is 1. The zero-order valence-corrected chi connectivity index (χ0v) is 14.6. The molecule has 0 aromatic heterocycles. The normalized spacial score (nSPS) is 21.0. The van der Waals surface area contributed by atoms with Crippen LogP contribution in [0.25, 0.3) is 0 Å². The third-order valence-corrected chi connectivity index (χ3v) is 4.86. The van der Waals surface area contributed by atoms with E-state index in [0.717, 1.165) is 0 Å². The van der Waals surface area contributed by atoms with E-state index >= 15 is 0 Å². The van der Waals surface area contributed by atoms with Crippen molar-refractivity contribution in [2.75, 3.05) is 11.4 Å². The predicted molar refractivity (Wildman–Crippen MR) is 94.0 cm³/mol. The number of benzene rings is 2. The molecule has 9 heteroatoms. The third kappa shape index (κ3) is 3.55. The molecule has 1 unspecified atom stereocenters. The first-order valence-electron chi connectivity index (χ1n) is 6.83. The van der Waals surface area contributed by atoms with E-state index in [1.807, 2.05) is 0 Å². The topological polar surface area (TPSA) is 96.0 Å². The maximum atomic E-state index is 11.4. The van der Waals surface area contributed by atoms with E-state index < -0.39 is 15.2 Å². The average Bonchev–Trinajstić information content (AvgIpc) is 2.83. The minimum Gasteiger partial charge on any atom is -0.356 e. The molecular weight excluding hydrogens is 373 g/mol. The molecule has 1 aliphatic heterocycles. The highest BCUT2D eigenvalue weighted by molar-refractivity contribution is 7.89. The lowest BCUT2D eigenvalue weighted by Gasteiger charge is -2.22. The van der Waals surface area contributed by atoms with Gasteiger partial charge in [0.1, 0.15) is 5.84 Å². The highest BCUT2D eigenvalue weighted by Gasteiger charge is 2.37. The van der Waals surface area contributed by atoms with Gasteiger partial charge >= 0.3 is 0 Å². The Morgan fingerprint density at radius 3 is 2.25 bits per heavy atom. The van der Waals surface area contributed by atoms with E-state index in [2.05, 4.69) is 4.99 Å². The van der Waals surface area contributed by atoms with Gasteiger partial charge in [0.2, 0.25) is 10.0 Å². The summed E-state index contributed by atoms with van der Waals surface area (Å²) in [5, 5.41) is 14.0. The van der Waals surface area contributed by atoms with Crippen LogP contribution in [0, 0.1) is 0 Å². The van der Waals surface area contributed by atoms with Crippen molar-refractivity contribution in [3.8, 4) is 0 Å². The second-order valence-electron chi connectivity index (χ2n) is 5.29. The zero-order chi connectivity index (χ0) is 17.5. The maximum Gasteiger partial charge on any atom is 0.254 e. The number of anilines is 1. The fourth-order valence-electron chi connectivity index (χ4n) is 2.38. The minimum atomic E-state index is -3.78. The fourth-order valence-corrected chi connectivity index (χ4v) is 3.22. The van der Waals surface area contributed by atoms with Crippen LogP contribution in [0.2, 0.25) is 5.02 Å². The summed E-state index contributed by atoms with van der Waals surface area (Å²) in [5.41, 5.74) is 1.33. The van der Waals surface area contributed by atoms with Crippen LogP contribution < -0.4 is 10.0 Å². The summed E-state index contributed by atoms with van der Waals surface area (Å²) in [5.74, 6) is 0.451. The molecule has 0 spiro atoms. The van der Waals surface area contributed by atoms with Crippen molar-refractivity contribution in [3.05, 3.63) is 59.1 Å². The number of aliphatic imine (C=N–C) groups is 1. The summed E-state index contributed by atoms with van der Waals surface area (Å²) in [6.45, 7) is 0.0151. The summed E-state index contributed by atoms with van der Waals surface area (Å²) < 4.78 is 22.7. The van der Waals surface area contributed by atoms with Crippen molar-refractivity contribution < 1.29 is 13.5 Å². The van der Waals surface area contributed by atoms with Gasteiger partial charge in [-0.1, -0.05) is 23.2 Å². The van der Waals surface area contributed by atoms with Crippen LogP contribution in [0.4, 0.5) is 5.69 Å². The Bertz CT molecular complexity index is 895. The quantitative estimate of drug-likeness (QED) is 0.624. The van der Waals surface area contributed by atoms with Crippen molar-refractivity contribution in [2.24, 2.45) is 10.1 Å². The van der Waals surface area contributed by atoms with Gasteiger partial charge in [0.05, 0.1) is 11.4 Å². The van der Waals surface area contributed by atoms with E-state index in [-0.39, 0.29) is 11.4 Å². The largest absolute Gasteiger partial charge is 0.356 e. The van der Waals surface area contributed by atoms with E-state index in [9.17, 15) is 13.5 Å². The second-order valence-corrected chi connectivity index (χ2v) is 7.89. The molecule has 3 rings (SSSR count). The first-order valence-corrected chi connectivity index (χ1v) is 9.13. The van der Waals surface area contributed by atoms with Crippen LogP contribution in [0.15, 0.2) is 58.4 Å². The van der Waals surface area contributed by atoms with Crippen molar-refractivity contribution in [1.82, 2.24) is 0 Å². The van der Waals surface area contributed by atoms with Gasteiger partial charge in [-0.25, -0.2) is 18.5 Å². The molecule has 1 aliphatic rings. The highest BCUT2D eigenvalue weighted by atomic mass is 35.5. The van der Waals surface area contributed by atoms with Crippen LogP contribution >= 0.6 is 23.2 Å². The van der Waals surface area contributed by atoms with Gasteiger partial charge in [0.25, 0.3) is 5.18 Å². The van der Waals surface area contributed by atoms with Gasteiger partial charge in [0, 0.05) is 16.3 Å². The number of hydrogen-bond acceptors (Lipinski definition) is 5. The molecule has 24 heavy (non-hydrogen) atoms. The van der Waals surface area contributed by atoms with E-state index in [1.165, 1.54) is 12.1 Å². The van der Waals surface area contributed by atoms with Gasteiger partial charge < -0.3 is 10.0 Å². The molecule has 2 aromatic carbocycles. The molecule has 1 atom stereocenters. The van der Waals surface area contributed by atoms with Gasteiger partial charge in [0.15, 0.2) is 0 Å². The van der Waals surface area contributed by atoms with Crippen molar-refractivity contribution >= 4 is 44.7 Å². The number of amidine groups is 1. The summed E-state index contributed by atoms with van der Waals surface area (Å²) in [6, 6.07) is 12.8. The molecule has 0 bridgehead atoms. The van der Waals surface area contributed by atoms with Crippen LogP contribution in [0.3, 0.4) is 0 Å². The third-order valence-electron chi connectivity index (χ3n) is 3.47. The Balaban J connectivity index is 2.00. The van der Waals surface area contributed by atoms with E-state index in [4.69, 9.17) is 28.3 Å². The number of halogens is 2. The van der Waals surface area contributed by atoms with Crippen molar-refractivity contribution in [2.45, 2.75) is 10.1 Å². The number of nitrogens with zero attached hydrogens (tertiary/aromatic N) is 2.